The van der Waals surface area contributed by atoms with E-state index in [-0.39, 0.29) is 37.9 Å². The SMILES string of the molecule is CCOC(=O)C(Cc1cccc(Cl)c1)N(C)C(=O)Cc1c(C)cc(C)cc1C.CCOC(=O)C(Cc1ccccc1Cl)N(C)C(=O)Cc1c(C)cc(C)cc1C. The summed E-state index contributed by atoms with van der Waals surface area (Å²) in [6, 6.07) is 21.5. The fourth-order valence-electron chi connectivity index (χ4n) is 6.87. The Morgan fingerprint density at radius 1 is 0.589 bits per heavy atom. The van der Waals surface area contributed by atoms with Crippen LogP contribution in [0.4, 0.5) is 0 Å². The van der Waals surface area contributed by atoms with Gasteiger partial charge in [0.05, 0.1) is 26.1 Å². The standard InChI is InChI=1S/2C23H28ClNO3/c1-6-28-23(27)21(13-18-8-7-9-19(24)12-18)25(5)22(26)14-20-16(3)10-15(2)11-17(20)4;1-6-28-23(27)21(13-18-9-7-8-10-20(18)24)25(5)22(26)14-19-16(3)11-15(2)12-17(19)4/h2*7-12,21H,6,13-14H2,1-5H3. The predicted molar refractivity (Wildman–Crippen MR) is 225 cm³/mol. The minimum absolute atomic E-state index is 0.116. The van der Waals surface area contributed by atoms with Crippen LogP contribution in [0.2, 0.25) is 10.0 Å². The van der Waals surface area contributed by atoms with Crippen LogP contribution in [-0.2, 0) is 54.3 Å². The first-order valence-corrected chi connectivity index (χ1v) is 19.7. The number of benzene rings is 4. The van der Waals surface area contributed by atoms with Gasteiger partial charge in [0.15, 0.2) is 0 Å². The molecule has 0 spiro atoms. The van der Waals surface area contributed by atoms with Crippen molar-refractivity contribution in [2.75, 3.05) is 27.3 Å². The summed E-state index contributed by atoms with van der Waals surface area (Å²) in [5.74, 6) is -1.07. The normalized spacial score (nSPS) is 11.8. The third-order valence-corrected chi connectivity index (χ3v) is 10.5. The quantitative estimate of drug-likeness (QED) is 0.118. The maximum absolute atomic E-state index is 13.0. The number of rotatable bonds is 14. The first-order chi connectivity index (χ1) is 26.5. The van der Waals surface area contributed by atoms with Gasteiger partial charge >= 0.3 is 11.9 Å². The van der Waals surface area contributed by atoms with E-state index < -0.39 is 24.0 Å². The van der Waals surface area contributed by atoms with Gasteiger partial charge in [0.1, 0.15) is 12.1 Å². The second-order valence-corrected chi connectivity index (χ2v) is 15.1. The highest BCUT2D eigenvalue weighted by molar-refractivity contribution is 6.31. The van der Waals surface area contributed by atoms with Gasteiger partial charge in [0.2, 0.25) is 11.8 Å². The number of aryl methyl sites for hydroxylation is 6. The molecule has 0 aliphatic carbocycles. The number of nitrogens with zero attached hydrogens (tertiary/aromatic N) is 2. The molecule has 4 aromatic rings. The molecular weight excluding hydrogens is 747 g/mol. The van der Waals surface area contributed by atoms with Crippen LogP contribution in [0.25, 0.3) is 0 Å². The van der Waals surface area contributed by atoms with Crippen LogP contribution in [-0.4, -0.2) is 72.9 Å². The van der Waals surface area contributed by atoms with Crippen LogP contribution >= 0.6 is 23.2 Å². The smallest absolute Gasteiger partial charge is 0.329 e. The molecule has 0 aliphatic heterocycles. The fraction of sp³-hybridized carbons (Fsp3) is 0.391. The first-order valence-electron chi connectivity index (χ1n) is 18.9. The number of amides is 2. The van der Waals surface area contributed by atoms with Crippen LogP contribution in [0.5, 0.6) is 0 Å². The summed E-state index contributed by atoms with van der Waals surface area (Å²) in [7, 11) is 3.31. The summed E-state index contributed by atoms with van der Waals surface area (Å²) in [5, 5.41) is 1.17. The number of hydrogen-bond acceptors (Lipinski definition) is 6. The number of carbonyl (C=O) groups is 4. The third kappa shape index (κ3) is 13.0. The molecule has 10 heteroatoms. The second-order valence-electron chi connectivity index (χ2n) is 14.3. The molecule has 2 atom stereocenters. The molecule has 0 heterocycles. The Morgan fingerprint density at radius 3 is 1.43 bits per heavy atom. The molecule has 0 aromatic heterocycles. The maximum Gasteiger partial charge on any atom is 0.329 e. The van der Waals surface area contributed by atoms with E-state index >= 15 is 0 Å². The Hall–Kier alpha value is -4.66. The molecule has 300 valence electrons. The van der Waals surface area contributed by atoms with Gasteiger partial charge in [-0.2, -0.15) is 0 Å². The van der Waals surface area contributed by atoms with E-state index in [0.29, 0.717) is 22.9 Å². The summed E-state index contributed by atoms with van der Waals surface area (Å²) in [5.41, 5.74) is 10.4. The van der Waals surface area contributed by atoms with Gasteiger partial charge < -0.3 is 19.3 Å². The largest absolute Gasteiger partial charge is 0.464 e. The average Bonchev–Trinajstić information content (AvgIpc) is 3.13. The summed E-state index contributed by atoms with van der Waals surface area (Å²) >= 11 is 12.3. The van der Waals surface area contributed by atoms with Gasteiger partial charge in [-0.15, -0.1) is 0 Å². The van der Waals surface area contributed by atoms with Crippen LogP contribution in [0.3, 0.4) is 0 Å². The molecule has 8 nitrogen and oxygen atoms in total. The lowest BCUT2D eigenvalue weighted by molar-refractivity contribution is -0.153. The molecule has 4 aromatic carbocycles. The lowest BCUT2D eigenvalue weighted by atomic mass is 9.96. The summed E-state index contributed by atoms with van der Waals surface area (Å²) in [6.45, 7) is 16.2. The third-order valence-electron chi connectivity index (χ3n) is 9.87. The van der Waals surface area contributed by atoms with Gasteiger partial charge in [-0.05, 0) is 118 Å². The molecule has 2 amide bonds. The van der Waals surface area contributed by atoms with E-state index in [1.807, 2.05) is 71.9 Å². The van der Waals surface area contributed by atoms with Gasteiger partial charge in [-0.1, -0.05) is 88.9 Å². The molecule has 0 saturated heterocycles. The van der Waals surface area contributed by atoms with Crippen molar-refractivity contribution in [3.8, 4) is 0 Å². The van der Waals surface area contributed by atoms with E-state index in [1.165, 1.54) is 20.9 Å². The van der Waals surface area contributed by atoms with Crippen molar-refractivity contribution in [1.29, 1.82) is 0 Å². The zero-order chi connectivity index (χ0) is 41.7. The average molecular weight is 804 g/mol. The van der Waals surface area contributed by atoms with Crippen LogP contribution < -0.4 is 0 Å². The summed E-state index contributed by atoms with van der Waals surface area (Å²) in [4.78, 5) is 54.1. The van der Waals surface area contributed by atoms with E-state index in [1.54, 1.807) is 46.1 Å². The molecule has 0 aliphatic rings. The highest BCUT2D eigenvalue weighted by Gasteiger charge is 2.30. The molecule has 0 bridgehead atoms. The molecule has 0 N–H and O–H groups in total. The number of esters is 2. The van der Waals surface area contributed by atoms with Gasteiger partial charge in [0, 0.05) is 37.0 Å². The van der Waals surface area contributed by atoms with Crippen LogP contribution in [0.1, 0.15) is 69.5 Å². The Labute approximate surface area is 343 Å². The summed E-state index contributed by atoms with van der Waals surface area (Å²) in [6.07, 6.45) is 1.16. The predicted octanol–water partition coefficient (Wildman–Crippen LogP) is 8.88. The van der Waals surface area contributed by atoms with E-state index in [4.69, 9.17) is 32.7 Å². The van der Waals surface area contributed by atoms with Crippen molar-refractivity contribution < 1.29 is 28.7 Å². The molecule has 4 rings (SSSR count). The zero-order valence-corrected chi connectivity index (χ0v) is 35.9. The van der Waals surface area contributed by atoms with Gasteiger partial charge in [-0.3, -0.25) is 9.59 Å². The molecule has 0 saturated carbocycles. The number of ether oxygens (including phenoxy) is 2. The van der Waals surface area contributed by atoms with E-state index in [0.717, 1.165) is 44.5 Å². The van der Waals surface area contributed by atoms with E-state index in [2.05, 4.69) is 24.3 Å². The van der Waals surface area contributed by atoms with Crippen molar-refractivity contribution in [3.63, 3.8) is 0 Å². The molecule has 0 fully saturated rings. The molecular formula is C46H56Cl2N2O6. The molecule has 2 unspecified atom stereocenters. The first kappa shape index (κ1) is 45.7. The molecule has 0 radical (unpaired) electrons. The van der Waals surface area contributed by atoms with Crippen molar-refractivity contribution in [2.24, 2.45) is 0 Å². The fourth-order valence-corrected chi connectivity index (χ4v) is 7.30. The van der Waals surface area contributed by atoms with Gasteiger partial charge in [0.25, 0.3) is 0 Å². The highest BCUT2D eigenvalue weighted by Crippen LogP contribution is 2.23. The van der Waals surface area contributed by atoms with Crippen molar-refractivity contribution in [1.82, 2.24) is 9.80 Å². The Morgan fingerprint density at radius 2 is 1.02 bits per heavy atom. The lowest BCUT2D eigenvalue weighted by Gasteiger charge is -2.27. The Balaban J connectivity index is 0.000000300. The summed E-state index contributed by atoms with van der Waals surface area (Å²) < 4.78 is 10.5. The van der Waals surface area contributed by atoms with Crippen molar-refractivity contribution in [3.05, 3.63) is 138 Å². The van der Waals surface area contributed by atoms with Gasteiger partial charge in [-0.25, -0.2) is 9.59 Å². The second kappa shape index (κ2) is 21.6. The zero-order valence-electron chi connectivity index (χ0n) is 34.4. The van der Waals surface area contributed by atoms with Crippen molar-refractivity contribution in [2.45, 2.75) is 93.2 Å². The van der Waals surface area contributed by atoms with Crippen molar-refractivity contribution >= 4 is 47.0 Å². The van der Waals surface area contributed by atoms with Crippen LogP contribution in [0.15, 0.2) is 72.8 Å². The minimum atomic E-state index is -0.724. The lowest BCUT2D eigenvalue weighted by Crippen LogP contribution is -2.45. The topological polar surface area (TPSA) is 93.2 Å². The Bertz CT molecular complexity index is 1970. The number of carbonyl (C=O) groups excluding carboxylic acids is 4. The maximum atomic E-state index is 13.0. The number of likely N-dealkylation sites (N-methyl/N-ethyl adjacent to an activating group) is 2. The number of hydrogen-bond donors (Lipinski definition) is 0. The van der Waals surface area contributed by atoms with E-state index in [9.17, 15) is 19.2 Å². The molecule has 56 heavy (non-hydrogen) atoms. The highest BCUT2D eigenvalue weighted by atomic mass is 35.5. The van der Waals surface area contributed by atoms with Crippen LogP contribution in [0, 0.1) is 41.5 Å². The Kier molecular flexibility index (Phi) is 17.6. The monoisotopic (exact) mass is 802 g/mol. The minimum Gasteiger partial charge on any atom is -0.464 e. The number of halogens is 2.